The van der Waals surface area contributed by atoms with Crippen molar-refractivity contribution in [3.63, 3.8) is 0 Å². The zero-order chi connectivity index (χ0) is 12.6. The Bertz CT molecular complexity index is 528. The van der Waals surface area contributed by atoms with E-state index in [2.05, 4.69) is 0 Å². The Hall–Kier alpha value is -1.59. The Balaban J connectivity index is 2.48. The molecule has 0 amide bonds. The first-order chi connectivity index (χ1) is 8.02. The lowest BCUT2D eigenvalue weighted by Crippen LogP contribution is -2.35. The third-order valence-electron chi connectivity index (χ3n) is 3.55. The van der Waals surface area contributed by atoms with Crippen molar-refractivity contribution >= 4 is 0 Å². The highest BCUT2D eigenvalue weighted by molar-refractivity contribution is 5.11. The van der Waals surface area contributed by atoms with E-state index in [0.717, 1.165) is 30.3 Å². The fraction of sp³-hybridized carbons (Fsp3) is 0.636. The number of aromatic nitrogens is 2. The van der Waals surface area contributed by atoms with Crippen molar-refractivity contribution in [2.45, 2.75) is 38.6 Å². The van der Waals surface area contributed by atoms with Gasteiger partial charge in [-0.05, 0) is 25.7 Å². The lowest BCUT2D eigenvalue weighted by molar-refractivity contribution is 0.285. The number of halogens is 1. The summed E-state index contributed by atoms with van der Waals surface area (Å²) in [6.07, 6.45) is 4.06. The number of hydrogen-bond acceptors (Lipinski definition) is 3. The van der Waals surface area contributed by atoms with E-state index < -0.39 is 22.9 Å². The Morgan fingerprint density at radius 1 is 1.41 bits per heavy atom. The second-order valence-electron chi connectivity index (χ2n) is 4.55. The number of aromatic amines is 1. The summed E-state index contributed by atoms with van der Waals surface area (Å²) >= 11 is 0. The van der Waals surface area contributed by atoms with E-state index in [0.29, 0.717) is 0 Å². The van der Waals surface area contributed by atoms with Crippen LogP contribution in [0.15, 0.2) is 9.59 Å². The number of nitrogens with zero attached hydrogens (tertiary/aromatic N) is 1. The van der Waals surface area contributed by atoms with Gasteiger partial charge in [0, 0.05) is 6.04 Å². The molecule has 6 heteroatoms. The molecule has 1 fully saturated rings. The molecule has 2 rings (SSSR count). The highest BCUT2D eigenvalue weighted by atomic mass is 19.1. The number of hydrogen-bond donors (Lipinski definition) is 2. The molecule has 94 valence electrons. The van der Waals surface area contributed by atoms with Crippen LogP contribution in [0.2, 0.25) is 0 Å². The van der Waals surface area contributed by atoms with Gasteiger partial charge in [-0.3, -0.25) is 14.3 Å². The molecule has 1 atom stereocenters. The second kappa shape index (κ2) is 4.35. The highest BCUT2D eigenvalue weighted by Gasteiger charge is 2.27. The SMILES string of the molecule is CC(C1CCCC1)n1c(O)c(F)c(=O)[nH]c1=O. The predicted octanol–water partition coefficient (Wildman–Crippen LogP) is 1.13. The maximum atomic E-state index is 13.3. The van der Waals surface area contributed by atoms with Crippen LogP contribution in [0.1, 0.15) is 38.6 Å². The van der Waals surface area contributed by atoms with Gasteiger partial charge in [-0.2, -0.15) is 4.39 Å². The smallest absolute Gasteiger partial charge is 0.331 e. The van der Waals surface area contributed by atoms with Crippen LogP contribution in [0.3, 0.4) is 0 Å². The van der Waals surface area contributed by atoms with Gasteiger partial charge in [0.1, 0.15) is 0 Å². The molecule has 1 aromatic heterocycles. The van der Waals surface area contributed by atoms with Gasteiger partial charge in [0.15, 0.2) is 0 Å². The maximum Gasteiger partial charge on any atom is 0.331 e. The summed E-state index contributed by atoms with van der Waals surface area (Å²) in [5.74, 6) is -1.92. The van der Waals surface area contributed by atoms with Gasteiger partial charge in [0.25, 0.3) is 5.56 Å². The molecule has 2 N–H and O–H groups in total. The lowest BCUT2D eigenvalue weighted by Gasteiger charge is -2.22. The van der Waals surface area contributed by atoms with E-state index >= 15 is 0 Å². The molecular weight excluding hydrogens is 227 g/mol. The molecular formula is C11H15FN2O3. The average molecular weight is 242 g/mol. The molecule has 1 heterocycles. The van der Waals surface area contributed by atoms with Crippen molar-refractivity contribution in [3.05, 3.63) is 26.7 Å². The second-order valence-corrected chi connectivity index (χ2v) is 4.55. The monoisotopic (exact) mass is 242 g/mol. The standard InChI is InChI=1S/C11H15FN2O3/c1-6(7-4-2-3-5-7)14-10(16)8(12)9(15)13-11(14)17/h6-7,16H,2-5H2,1H3,(H,13,15,17). The molecule has 0 spiro atoms. The lowest BCUT2D eigenvalue weighted by atomic mass is 9.99. The molecule has 1 aliphatic rings. The first-order valence-electron chi connectivity index (χ1n) is 5.75. The summed E-state index contributed by atoms with van der Waals surface area (Å²) < 4.78 is 14.2. The minimum absolute atomic E-state index is 0.240. The van der Waals surface area contributed by atoms with Gasteiger partial charge >= 0.3 is 5.69 Å². The minimum Gasteiger partial charge on any atom is -0.492 e. The average Bonchev–Trinajstić information content (AvgIpc) is 2.79. The topological polar surface area (TPSA) is 75.1 Å². The van der Waals surface area contributed by atoms with E-state index in [1.54, 1.807) is 6.92 Å². The largest absolute Gasteiger partial charge is 0.492 e. The molecule has 1 unspecified atom stereocenters. The van der Waals surface area contributed by atoms with Crippen LogP contribution in [0, 0.1) is 11.7 Å². The predicted molar refractivity (Wildman–Crippen MR) is 59.6 cm³/mol. The van der Waals surface area contributed by atoms with Crippen molar-refractivity contribution in [3.8, 4) is 5.88 Å². The molecule has 0 saturated heterocycles. The van der Waals surface area contributed by atoms with E-state index in [1.165, 1.54) is 0 Å². The Morgan fingerprint density at radius 3 is 2.59 bits per heavy atom. The quantitative estimate of drug-likeness (QED) is 0.816. The van der Waals surface area contributed by atoms with Gasteiger partial charge in [-0.25, -0.2) is 4.79 Å². The summed E-state index contributed by atoms with van der Waals surface area (Å²) in [4.78, 5) is 24.4. The van der Waals surface area contributed by atoms with Crippen LogP contribution >= 0.6 is 0 Å². The molecule has 0 aliphatic heterocycles. The summed E-state index contributed by atoms with van der Waals surface area (Å²) in [6, 6.07) is -0.309. The molecule has 1 saturated carbocycles. The summed E-state index contributed by atoms with van der Waals surface area (Å²) in [7, 11) is 0. The molecule has 17 heavy (non-hydrogen) atoms. The van der Waals surface area contributed by atoms with Crippen LogP contribution in [-0.2, 0) is 0 Å². The summed E-state index contributed by atoms with van der Waals surface area (Å²) in [5.41, 5.74) is -1.93. The molecule has 1 aromatic rings. The number of nitrogens with one attached hydrogen (secondary N) is 1. The molecule has 1 aliphatic carbocycles. The van der Waals surface area contributed by atoms with Crippen LogP contribution in [0.25, 0.3) is 0 Å². The van der Waals surface area contributed by atoms with E-state index in [4.69, 9.17) is 0 Å². The van der Waals surface area contributed by atoms with Crippen LogP contribution < -0.4 is 11.2 Å². The maximum absolute atomic E-state index is 13.3. The third-order valence-corrected chi connectivity index (χ3v) is 3.55. The van der Waals surface area contributed by atoms with Crippen LogP contribution in [-0.4, -0.2) is 14.7 Å². The first kappa shape index (κ1) is 11.9. The van der Waals surface area contributed by atoms with Crippen molar-refractivity contribution in [1.29, 1.82) is 0 Å². The number of rotatable bonds is 2. The fourth-order valence-electron chi connectivity index (χ4n) is 2.54. The number of H-pyrrole nitrogens is 1. The van der Waals surface area contributed by atoms with Crippen molar-refractivity contribution in [1.82, 2.24) is 9.55 Å². The Kier molecular flexibility index (Phi) is 3.04. The zero-order valence-electron chi connectivity index (χ0n) is 9.57. The highest BCUT2D eigenvalue weighted by Crippen LogP contribution is 2.34. The molecule has 0 radical (unpaired) electrons. The Morgan fingerprint density at radius 2 is 2.00 bits per heavy atom. The van der Waals surface area contributed by atoms with Crippen LogP contribution in [0.5, 0.6) is 5.88 Å². The van der Waals surface area contributed by atoms with Crippen molar-refractivity contribution in [2.75, 3.05) is 0 Å². The van der Waals surface area contributed by atoms with Gasteiger partial charge in [0.2, 0.25) is 11.7 Å². The van der Waals surface area contributed by atoms with Gasteiger partial charge in [-0.15, -0.1) is 0 Å². The zero-order valence-corrected chi connectivity index (χ0v) is 9.57. The van der Waals surface area contributed by atoms with Crippen molar-refractivity contribution < 1.29 is 9.50 Å². The molecule has 5 nitrogen and oxygen atoms in total. The van der Waals surface area contributed by atoms with E-state index in [1.807, 2.05) is 4.98 Å². The normalized spacial score (nSPS) is 18.5. The minimum atomic E-state index is -1.30. The summed E-state index contributed by atoms with van der Waals surface area (Å²) in [5, 5.41) is 9.56. The fourth-order valence-corrected chi connectivity index (χ4v) is 2.54. The van der Waals surface area contributed by atoms with E-state index in [9.17, 15) is 19.1 Å². The Labute approximate surface area is 96.9 Å². The molecule has 0 aromatic carbocycles. The van der Waals surface area contributed by atoms with E-state index in [-0.39, 0.29) is 12.0 Å². The van der Waals surface area contributed by atoms with Gasteiger partial charge < -0.3 is 5.11 Å². The first-order valence-corrected chi connectivity index (χ1v) is 5.75. The number of aromatic hydroxyl groups is 1. The summed E-state index contributed by atoms with van der Waals surface area (Å²) in [6.45, 7) is 1.76. The third kappa shape index (κ3) is 1.99. The van der Waals surface area contributed by atoms with Gasteiger partial charge in [-0.1, -0.05) is 12.8 Å². The molecule has 0 bridgehead atoms. The van der Waals surface area contributed by atoms with Crippen molar-refractivity contribution in [2.24, 2.45) is 5.92 Å². The van der Waals surface area contributed by atoms with Gasteiger partial charge in [0.05, 0.1) is 0 Å². The van der Waals surface area contributed by atoms with Crippen LogP contribution in [0.4, 0.5) is 4.39 Å².